The second-order valence-electron chi connectivity index (χ2n) is 4.51. The summed E-state index contributed by atoms with van der Waals surface area (Å²) >= 11 is 0. The third kappa shape index (κ3) is 3.39. The number of nitrogen functional groups attached to an aromatic ring is 1. The fourth-order valence-electron chi connectivity index (χ4n) is 1.98. The minimum atomic E-state index is -0.485. The lowest BCUT2D eigenvalue weighted by molar-refractivity contribution is 0.0526. The molecule has 0 fully saturated rings. The average Bonchev–Trinajstić information content (AvgIpc) is 2.47. The van der Waals surface area contributed by atoms with Crippen molar-refractivity contribution in [3.05, 3.63) is 53.6 Å². The molecule has 0 unspecified atom stereocenters. The van der Waals surface area contributed by atoms with Crippen molar-refractivity contribution >= 4 is 17.6 Å². The number of hydrogen-bond acceptors (Lipinski definition) is 4. The molecule has 0 spiro atoms. The smallest absolute Gasteiger partial charge is 0.338 e. The number of ether oxygens (including phenoxy) is 1. The summed E-state index contributed by atoms with van der Waals surface area (Å²) in [6, 6.07) is 11.8. The summed E-state index contributed by atoms with van der Waals surface area (Å²) in [7, 11) is 0. The molecule has 0 aliphatic heterocycles. The van der Waals surface area contributed by atoms with E-state index < -0.39 is 11.9 Å². The molecule has 0 heterocycles. The number of primary amides is 1. The van der Waals surface area contributed by atoms with Gasteiger partial charge in [-0.3, -0.25) is 4.79 Å². The van der Waals surface area contributed by atoms with E-state index in [2.05, 4.69) is 0 Å². The number of amides is 1. The molecule has 0 saturated heterocycles. The minimum absolute atomic E-state index is 0.302. The Morgan fingerprint density at radius 3 is 2.24 bits per heavy atom. The van der Waals surface area contributed by atoms with Gasteiger partial charge in [0, 0.05) is 11.3 Å². The highest BCUT2D eigenvalue weighted by molar-refractivity contribution is 5.94. The van der Waals surface area contributed by atoms with E-state index >= 15 is 0 Å². The summed E-state index contributed by atoms with van der Waals surface area (Å²) in [5.41, 5.74) is 13.9. The van der Waals surface area contributed by atoms with Gasteiger partial charge in [0.2, 0.25) is 5.91 Å². The zero-order chi connectivity index (χ0) is 15.4. The van der Waals surface area contributed by atoms with Gasteiger partial charge < -0.3 is 16.2 Å². The van der Waals surface area contributed by atoms with Crippen molar-refractivity contribution in [2.45, 2.75) is 6.92 Å². The first-order chi connectivity index (χ1) is 10.0. The molecule has 0 radical (unpaired) electrons. The van der Waals surface area contributed by atoms with Crippen LogP contribution in [0.25, 0.3) is 11.1 Å². The molecule has 1 amide bonds. The molecule has 4 N–H and O–H groups in total. The lowest BCUT2D eigenvalue weighted by Crippen LogP contribution is -2.10. The molecule has 5 heteroatoms. The lowest BCUT2D eigenvalue weighted by atomic mass is 10.0. The monoisotopic (exact) mass is 284 g/mol. The molecule has 0 saturated carbocycles. The van der Waals surface area contributed by atoms with Gasteiger partial charge >= 0.3 is 5.97 Å². The first kappa shape index (κ1) is 14.6. The lowest BCUT2D eigenvalue weighted by Gasteiger charge is -2.08. The van der Waals surface area contributed by atoms with Gasteiger partial charge in [-0.05, 0) is 48.4 Å². The molecule has 0 bridgehead atoms. The van der Waals surface area contributed by atoms with Crippen LogP contribution in [0.5, 0.6) is 0 Å². The third-order valence-corrected chi connectivity index (χ3v) is 2.97. The summed E-state index contributed by atoms with van der Waals surface area (Å²) in [6.45, 7) is 2.05. The second-order valence-corrected chi connectivity index (χ2v) is 4.51. The second kappa shape index (κ2) is 6.09. The fourth-order valence-corrected chi connectivity index (χ4v) is 1.98. The molecule has 108 valence electrons. The summed E-state index contributed by atoms with van der Waals surface area (Å²) in [5.74, 6) is -0.902. The number of hydrogen-bond donors (Lipinski definition) is 2. The quantitative estimate of drug-likeness (QED) is 0.664. The maximum atomic E-state index is 11.8. The van der Waals surface area contributed by atoms with Gasteiger partial charge in [0.05, 0.1) is 12.2 Å². The standard InChI is InChI=1S/C16H16N2O3/c1-2-21-16(20)13-7-12(8-14(17)9-13)10-3-5-11(6-4-10)15(18)19/h3-9H,2,17H2,1H3,(H2,18,19). The number of benzene rings is 2. The SMILES string of the molecule is CCOC(=O)c1cc(N)cc(-c2ccc(C(N)=O)cc2)c1. The van der Waals surface area contributed by atoms with Crippen LogP contribution in [-0.2, 0) is 4.74 Å². The van der Waals surface area contributed by atoms with Gasteiger partial charge in [0.1, 0.15) is 0 Å². The molecule has 2 rings (SSSR count). The van der Waals surface area contributed by atoms with Crippen LogP contribution in [0.3, 0.4) is 0 Å². The average molecular weight is 284 g/mol. The summed E-state index contributed by atoms with van der Waals surface area (Å²) < 4.78 is 4.97. The van der Waals surface area contributed by atoms with E-state index in [1.54, 1.807) is 49.4 Å². The molecular formula is C16H16N2O3. The zero-order valence-electron chi connectivity index (χ0n) is 11.6. The van der Waals surface area contributed by atoms with Crippen LogP contribution >= 0.6 is 0 Å². The van der Waals surface area contributed by atoms with Crippen molar-refractivity contribution in [3.63, 3.8) is 0 Å². The highest BCUT2D eigenvalue weighted by atomic mass is 16.5. The van der Waals surface area contributed by atoms with Crippen LogP contribution < -0.4 is 11.5 Å². The first-order valence-corrected chi connectivity index (χ1v) is 6.49. The fraction of sp³-hybridized carbons (Fsp3) is 0.125. The van der Waals surface area contributed by atoms with Gasteiger partial charge in [-0.2, -0.15) is 0 Å². The topological polar surface area (TPSA) is 95.4 Å². The Balaban J connectivity index is 2.39. The van der Waals surface area contributed by atoms with E-state index in [1.807, 2.05) is 0 Å². The van der Waals surface area contributed by atoms with Gasteiger partial charge in [-0.15, -0.1) is 0 Å². The van der Waals surface area contributed by atoms with Crippen molar-refractivity contribution in [1.29, 1.82) is 0 Å². The van der Waals surface area contributed by atoms with Crippen molar-refractivity contribution in [3.8, 4) is 11.1 Å². The van der Waals surface area contributed by atoms with E-state index in [9.17, 15) is 9.59 Å². The molecule has 0 aromatic heterocycles. The Morgan fingerprint density at radius 2 is 1.67 bits per heavy atom. The van der Waals surface area contributed by atoms with Crippen molar-refractivity contribution in [2.24, 2.45) is 5.73 Å². The molecule has 2 aromatic carbocycles. The molecule has 0 atom stereocenters. The summed E-state index contributed by atoms with van der Waals surface area (Å²) in [4.78, 5) is 22.8. The highest BCUT2D eigenvalue weighted by Gasteiger charge is 2.10. The van der Waals surface area contributed by atoms with Crippen molar-refractivity contribution in [1.82, 2.24) is 0 Å². The van der Waals surface area contributed by atoms with Gasteiger partial charge in [0.15, 0.2) is 0 Å². The minimum Gasteiger partial charge on any atom is -0.462 e. The van der Waals surface area contributed by atoms with Crippen LogP contribution in [0.2, 0.25) is 0 Å². The predicted octanol–water partition coefficient (Wildman–Crippen LogP) is 2.21. The number of nitrogens with two attached hydrogens (primary N) is 2. The largest absolute Gasteiger partial charge is 0.462 e. The van der Waals surface area contributed by atoms with Crippen LogP contribution in [0, 0.1) is 0 Å². The number of carbonyl (C=O) groups excluding carboxylic acids is 2. The van der Waals surface area contributed by atoms with Gasteiger partial charge in [-0.1, -0.05) is 12.1 Å². The molecule has 21 heavy (non-hydrogen) atoms. The summed E-state index contributed by atoms with van der Waals surface area (Å²) in [6.07, 6.45) is 0. The Morgan fingerprint density at radius 1 is 1.00 bits per heavy atom. The van der Waals surface area contributed by atoms with Gasteiger partial charge in [0.25, 0.3) is 0 Å². The van der Waals surface area contributed by atoms with Crippen molar-refractivity contribution < 1.29 is 14.3 Å². The van der Waals surface area contributed by atoms with Crippen LogP contribution in [0.4, 0.5) is 5.69 Å². The number of esters is 1. The molecular weight excluding hydrogens is 268 g/mol. The molecule has 5 nitrogen and oxygen atoms in total. The Hall–Kier alpha value is -2.82. The summed E-state index contributed by atoms with van der Waals surface area (Å²) in [5, 5.41) is 0. The first-order valence-electron chi connectivity index (χ1n) is 6.49. The Kier molecular flexibility index (Phi) is 4.23. The maximum Gasteiger partial charge on any atom is 0.338 e. The normalized spacial score (nSPS) is 10.1. The van der Waals surface area contributed by atoms with E-state index in [0.717, 1.165) is 11.1 Å². The van der Waals surface area contributed by atoms with Crippen molar-refractivity contribution in [2.75, 3.05) is 12.3 Å². The van der Waals surface area contributed by atoms with E-state index in [0.29, 0.717) is 23.4 Å². The van der Waals surface area contributed by atoms with E-state index in [1.165, 1.54) is 0 Å². The highest BCUT2D eigenvalue weighted by Crippen LogP contribution is 2.24. The predicted molar refractivity (Wildman–Crippen MR) is 80.8 cm³/mol. The van der Waals surface area contributed by atoms with Gasteiger partial charge in [-0.25, -0.2) is 4.79 Å². The maximum absolute atomic E-state index is 11.8. The van der Waals surface area contributed by atoms with Crippen LogP contribution in [0.15, 0.2) is 42.5 Å². The molecule has 0 aliphatic carbocycles. The Labute approximate surface area is 122 Å². The Bertz CT molecular complexity index is 678. The molecule has 0 aliphatic rings. The number of carbonyl (C=O) groups is 2. The van der Waals surface area contributed by atoms with Crippen LogP contribution in [-0.4, -0.2) is 18.5 Å². The van der Waals surface area contributed by atoms with E-state index in [4.69, 9.17) is 16.2 Å². The number of rotatable bonds is 4. The molecule has 2 aromatic rings. The van der Waals surface area contributed by atoms with E-state index in [-0.39, 0.29) is 0 Å². The number of anilines is 1. The van der Waals surface area contributed by atoms with Crippen LogP contribution in [0.1, 0.15) is 27.6 Å². The zero-order valence-corrected chi connectivity index (χ0v) is 11.6. The third-order valence-electron chi connectivity index (χ3n) is 2.97.